The Kier molecular flexibility index (Phi) is 4.38. The molecular weight excluding hydrogens is 292 g/mol. The van der Waals surface area contributed by atoms with Crippen molar-refractivity contribution in [1.29, 1.82) is 0 Å². The second kappa shape index (κ2) is 6.79. The first kappa shape index (κ1) is 14.8. The van der Waals surface area contributed by atoms with E-state index < -0.39 is 11.5 Å². The van der Waals surface area contributed by atoms with Gasteiger partial charge in [-0.1, -0.05) is 36.4 Å². The molecule has 5 nitrogen and oxygen atoms in total. The Morgan fingerprint density at radius 3 is 2.74 bits per heavy atom. The monoisotopic (exact) mass is 308 g/mol. The summed E-state index contributed by atoms with van der Waals surface area (Å²) in [5, 5.41) is 4.80. The minimum absolute atomic E-state index is 0.0951. The fraction of sp³-hybridized carbons (Fsp3) is 0.111. The van der Waals surface area contributed by atoms with Crippen LogP contribution in [-0.2, 0) is 0 Å². The number of fused-ring (bicyclic) bond motifs is 1. The minimum Gasteiger partial charge on any atom is -0.491 e. The third-order valence-electron chi connectivity index (χ3n) is 3.46. The molecule has 0 aliphatic carbocycles. The van der Waals surface area contributed by atoms with Crippen LogP contribution in [0.1, 0.15) is 10.4 Å². The van der Waals surface area contributed by atoms with Crippen LogP contribution in [0.5, 0.6) is 5.75 Å². The molecule has 0 bridgehead atoms. The number of H-pyrrole nitrogens is 1. The van der Waals surface area contributed by atoms with Gasteiger partial charge in [0.1, 0.15) is 17.9 Å². The first-order valence-electron chi connectivity index (χ1n) is 7.32. The number of pyridine rings is 1. The molecule has 2 N–H and O–H groups in total. The Balaban J connectivity index is 1.58. The summed E-state index contributed by atoms with van der Waals surface area (Å²) in [5.74, 6) is 0.364. The van der Waals surface area contributed by atoms with E-state index >= 15 is 0 Å². The Morgan fingerprint density at radius 1 is 1.04 bits per heavy atom. The number of carbonyl (C=O) groups is 1. The number of aromatic nitrogens is 1. The fourth-order valence-corrected chi connectivity index (χ4v) is 2.34. The van der Waals surface area contributed by atoms with Crippen LogP contribution >= 0.6 is 0 Å². The number of rotatable bonds is 5. The predicted molar refractivity (Wildman–Crippen MR) is 88.8 cm³/mol. The zero-order valence-electron chi connectivity index (χ0n) is 12.4. The second-order valence-electron chi connectivity index (χ2n) is 4.99. The van der Waals surface area contributed by atoms with Crippen molar-refractivity contribution in [2.45, 2.75) is 0 Å². The number of nitrogens with one attached hydrogen (secondary N) is 2. The highest BCUT2D eigenvalue weighted by Gasteiger charge is 2.08. The van der Waals surface area contributed by atoms with Crippen molar-refractivity contribution < 1.29 is 9.53 Å². The highest BCUT2D eigenvalue weighted by atomic mass is 16.5. The van der Waals surface area contributed by atoms with Gasteiger partial charge in [0.05, 0.1) is 6.54 Å². The Hall–Kier alpha value is -3.08. The molecule has 0 aliphatic rings. The second-order valence-corrected chi connectivity index (χ2v) is 4.99. The molecule has 0 unspecified atom stereocenters. The molecule has 0 radical (unpaired) electrons. The molecule has 0 saturated heterocycles. The molecule has 1 amide bonds. The third kappa shape index (κ3) is 3.40. The average molecular weight is 308 g/mol. The van der Waals surface area contributed by atoms with Gasteiger partial charge in [-0.25, -0.2) is 0 Å². The van der Waals surface area contributed by atoms with Gasteiger partial charge in [0.15, 0.2) is 0 Å². The average Bonchev–Trinajstić information content (AvgIpc) is 2.59. The Morgan fingerprint density at radius 2 is 1.87 bits per heavy atom. The number of hydrogen-bond acceptors (Lipinski definition) is 3. The van der Waals surface area contributed by atoms with E-state index in [2.05, 4.69) is 10.3 Å². The summed E-state index contributed by atoms with van der Waals surface area (Å²) < 4.78 is 5.74. The lowest BCUT2D eigenvalue weighted by molar-refractivity contribution is 0.0945. The zero-order valence-corrected chi connectivity index (χ0v) is 12.4. The quantitative estimate of drug-likeness (QED) is 0.711. The van der Waals surface area contributed by atoms with Gasteiger partial charge >= 0.3 is 0 Å². The molecule has 2 aromatic carbocycles. The summed E-state index contributed by atoms with van der Waals surface area (Å²) in [5.41, 5.74) is -0.308. The molecule has 23 heavy (non-hydrogen) atoms. The van der Waals surface area contributed by atoms with Crippen LogP contribution < -0.4 is 15.6 Å². The summed E-state index contributed by atoms with van der Waals surface area (Å²) in [6, 6.07) is 16.9. The van der Waals surface area contributed by atoms with Crippen molar-refractivity contribution in [1.82, 2.24) is 10.3 Å². The van der Waals surface area contributed by atoms with Gasteiger partial charge in [0, 0.05) is 11.6 Å². The molecular formula is C18H16N2O3. The van der Waals surface area contributed by atoms with Gasteiger partial charge in [-0.05, 0) is 23.6 Å². The van der Waals surface area contributed by atoms with Gasteiger partial charge in [-0.2, -0.15) is 0 Å². The summed E-state index contributed by atoms with van der Waals surface area (Å²) in [7, 11) is 0. The molecule has 0 spiro atoms. The van der Waals surface area contributed by atoms with Gasteiger partial charge in [0.25, 0.3) is 11.5 Å². The van der Waals surface area contributed by atoms with E-state index in [1.165, 1.54) is 12.3 Å². The molecule has 1 heterocycles. The number of benzene rings is 2. The van der Waals surface area contributed by atoms with Crippen LogP contribution in [0, 0.1) is 0 Å². The van der Waals surface area contributed by atoms with Crippen LogP contribution in [0.25, 0.3) is 10.8 Å². The first-order valence-corrected chi connectivity index (χ1v) is 7.32. The van der Waals surface area contributed by atoms with E-state index in [0.29, 0.717) is 13.2 Å². The van der Waals surface area contributed by atoms with Crippen molar-refractivity contribution >= 4 is 16.7 Å². The summed E-state index contributed by atoms with van der Waals surface area (Å²) in [4.78, 5) is 25.9. The van der Waals surface area contributed by atoms with Crippen LogP contribution in [0.4, 0.5) is 0 Å². The van der Waals surface area contributed by atoms with Crippen LogP contribution in [-0.4, -0.2) is 24.0 Å². The maximum absolute atomic E-state index is 11.9. The van der Waals surface area contributed by atoms with E-state index in [9.17, 15) is 9.59 Å². The Labute approximate surface area is 132 Å². The molecule has 0 saturated carbocycles. The van der Waals surface area contributed by atoms with Crippen molar-refractivity contribution in [3.8, 4) is 5.75 Å². The van der Waals surface area contributed by atoms with E-state index in [-0.39, 0.29) is 5.56 Å². The van der Waals surface area contributed by atoms with Crippen molar-refractivity contribution in [2.24, 2.45) is 0 Å². The topological polar surface area (TPSA) is 71.2 Å². The smallest absolute Gasteiger partial charge is 0.260 e. The van der Waals surface area contributed by atoms with Crippen molar-refractivity contribution in [2.75, 3.05) is 13.2 Å². The van der Waals surface area contributed by atoms with E-state index in [1.54, 1.807) is 6.07 Å². The van der Waals surface area contributed by atoms with Crippen molar-refractivity contribution in [3.05, 3.63) is 76.7 Å². The molecule has 1 aromatic heterocycles. The lowest BCUT2D eigenvalue weighted by atomic mass is 10.1. The molecule has 0 fully saturated rings. The van der Waals surface area contributed by atoms with E-state index in [0.717, 1.165) is 16.5 Å². The van der Waals surface area contributed by atoms with Gasteiger partial charge in [-0.15, -0.1) is 0 Å². The maximum Gasteiger partial charge on any atom is 0.260 e. The zero-order chi connectivity index (χ0) is 16.1. The lowest BCUT2D eigenvalue weighted by Crippen LogP contribution is -2.32. The number of hydrogen-bond donors (Lipinski definition) is 2. The predicted octanol–water partition coefficient (Wildman–Crippen LogP) is 2.34. The molecule has 116 valence electrons. The maximum atomic E-state index is 11.9. The Bertz CT molecular complexity index is 881. The molecule has 0 atom stereocenters. The largest absolute Gasteiger partial charge is 0.491 e. The number of carbonyl (C=O) groups excluding carboxylic acids is 1. The number of ether oxygens (including phenoxy) is 1. The molecule has 3 aromatic rings. The van der Waals surface area contributed by atoms with E-state index in [4.69, 9.17) is 4.74 Å². The van der Waals surface area contributed by atoms with Crippen molar-refractivity contribution in [3.63, 3.8) is 0 Å². The minimum atomic E-state index is -0.409. The summed E-state index contributed by atoms with van der Waals surface area (Å²) >= 11 is 0. The van der Waals surface area contributed by atoms with Crippen LogP contribution in [0.15, 0.2) is 65.6 Å². The van der Waals surface area contributed by atoms with Crippen LogP contribution in [0.3, 0.4) is 0 Å². The highest BCUT2D eigenvalue weighted by Crippen LogP contribution is 2.24. The standard InChI is InChI=1S/C18H16N2O3/c21-17-15(8-4-10-19-17)18(22)20-11-12-23-16-9-3-6-13-5-1-2-7-14(13)16/h1-10H,11-12H2,(H,19,21)(H,20,22). The van der Waals surface area contributed by atoms with Gasteiger partial charge < -0.3 is 15.0 Å². The SMILES string of the molecule is O=C(NCCOc1cccc2ccccc12)c1ccc[nH]c1=O. The summed E-state index contributed by atoms with van der Waals surface area (Å²) in [6.45, 7) is 0.640. The third-order valence-corrected chi connectivity index (χ3v) is 3.46. The van der Waals surface area contributed by atoms with Gasteiger partial charge in [0.2, 0.25) is 0 Å². The number of amides is 1. The fourth-order valence-electron chi connectivity index (χ4n) is 2.34. The molecule has 5 heteroatoms. The van der Waals surface area contributed by atoms with E-state index in [1.807, 2.05) is 42.5 Å². The number of aromatic amines is 1. The normalized spacial score (nSPS) is 10.4. The molecule has 3 rings (SSSR count). The molecule has 0 aliphatic heterocycles. The van der Waals surface area contributed by atoms with Gasteiger partial charge in [-0.3, -0.25) is 9.59 Å². The summed E-state index contributed by atoms with van der Waals surface area (Å²) in [6.07, 6.45) is 1.49. The highest BCUT2D eigenvalue weighted by molar-refractivity contribution is 5.93. The van der Waals surface area contributed by atoms with Crippen LogP contribution in [0.2, 0.25) is 0 Å². The lowest BCUT2D eigenvalue weighted by Gasteiger charge is -2.10. The first-order chi connectivity index (χ1) is 11.3.